The van der Waals surface area contributed by atoms with Crippen molar-refractivity contribution in [3.05, 3.63) is 11.6 Å². The molecule has 1 fully saturated rings. The number of fused-ring (bicyclic) bond motifs is 1. The summed E-state index contributed by atoms with van der Waals surface area (Å²) in [5.41, 5.74) is 0.227. The molecule has 0 spiro atoms. The molecule has 4 nitrogen and oxygen atoms in total. The predicted molar refractivity (Wildman–Crippen MR) is 65.3 cm³/mol. The second-order valence-electron chi connectivity index (χ2n) is 5.00. The molecule has 2 aliphatic rings. The van der Waals surface area contributed by atoms with E-state index in [1.165, 1.54) is 6.08 Å². The van der Waals surface area contributed by atoms with Crippen molar-refractivity contribution in [1.82, 2.24) is 0 Å². The summed E-state index contributed by atoms with van der Waals surface area (Å²) >= 11 is 5.35. The van der Waals surface area contributed by atoms with Gasteiger partial charge in [0.2, 0.25) is 0 Å². The normalized spacial score (nSPS) is 31.7. The molecule has 0 aromatic carbocycles. The summed E-state index contributed by atoms with van der Waals surface area (Å²) in [4.78, 5) is 35.0. The fourth-order valence-corrected chi connectivity index (χ4v) is 2.74. The van der Waals surface area contributed by atoms with Gasteiger partial charge in [-0.05, 0) is 25.8 Å². The van der Waals surface area contributed by atoms with E-state index < -0.39 is 17.5 Å². The Morgan fingerprint density at radius 2 is 2.22 bits per heavy atom. The lowest BCUT2D eigenvalue weighted by molar-refractivity contribution is -0.155. The molecule has 0 amide bonds. The van der Waals surface area contributed by atoms with Crippen LogP contribution in [0.4, 0.5) is 0 Å². The number of carbonyl (C=O) groups excluding carboxylic acids is 3. The Labute approximate surface area is 110 Å². The average molecular weight is 271 g/mol. The zero-order chi connectivity index (χ0) is 13.3. The number of hydrogen-bond acceptors (Lipinski definition) is 4. The Bertz CT molecular complexity index is 440. The number of halogens is 1. The molecule has 18 heavy (non-hydrogen) atoms. The molecule has 0 radical (unpaired) electrons. The van der Waals surface area contributed by atoms with Gasteiger partial charge in [-0.1, -0.05) is 5.57 Å². The van der Waals surface area contributed by atoms with Crippen LogP contribution < -0.4 is 0 Å². The van der Waals surface area contributed by atoms with Gasteiger partial charge in [-0.25, -0.2) is 0 Å². The highest BCUT2D eigenvalue weighted by molar-refractivity contribution is 6.26. The predicted octanol–water partition coefficient (Wildman–Crippen LogP) is 1.80. The first kappa shape index (κ1) is 13.3. The number of ether oxygens (including phenoxy) is 1. The molecule has 1 saturated carbocycles. The summed E-state index contributed by atoms with van der Waals surface area (Å²) in [6.07, 6.45) is 2.94. The van der Waals surface area contributed by atoms with Crippen molar-refractivity contribution >= 4 is 29.1 Å². The number of carbonyl (C=O) groups is 3. The lowest BCUT2D eigenvalue weighted by Crippen LogP contribution is -2.44. The summed E-state index contributed by atoms with van der Waals surface area (Å²) in [5, 5.41) is 0. The van der Waals surface area contributed by atoms with Crippen molar-refractivity contribution in [2.75, 3.05) is 5.88 Å². The van der Waals surface area contributed by atoms with Gasteiger partial charge in [0.25, 0.3) is 0 Å². The highest BCUT2D eigenvalue weighted by Crippen LogP contribution is 2.44. The molecule has 0 aromatic rings. The van der Waals surface area contributed by atoms with Gasteiger partial charge in [0.05, 0.1) is 5.41 Å². The minimum absolute atomic E-state index is 0.124. The molecule has 2 aliphatic carbocycles. The Kier molecular flexibility index (Phi) is 3.57. The number of alkyl halides is 1. The van der Waals surface area contributed by atoms with Crippen LogP contribution in [-0.4, -0.2) is 29.5 Å². The van der Waals surface area contributed by atoms with Crippen LogP contribution in [0.3, 0.4) is 0 Å². The number of allylic oxidation sites excluding steroid dienone is 1. The molecule has 0 aromatic heterocycles. The van der Waals surface area contributed by atoms with Crippen LogP contribution in [0.2, 0.25) is 0 Å². The fourth-order valence-electron chi connectivity index (χ4n) is 2.67. The largest absolute Gasteiger partial charge is 0.453 e. The Hall–Kier alpha value is -1.16. The molecule has 2 unspecified atom stereocenters. The van der Waals surface area contributed by atoms with Gasteiger partial charge < -0.3 is 4.74 Å². The zero-order valence-corrected chi connectivity index (χ0v) is 11.0. The summed E-state index contributed by atoms with van der Waals surface area (Å²) in [6, 6.07) is 0. The van der Waals surface area contributed by atoms with E-state index >= 15 is 0 Å². The van der Waals surface area contributed by atoms with E-state index in [1.807, 2.05) is 6.92 Å². The first-order chi connectivity index (χ1) is 8.47. The Balaban J connectivity index is 2.24. The lowest BCUT2D eigenvalue weighted by atomic mass is 9.64. The summed E-state index contributed by atoms with van der Waals surface area (Å²) in [7, 11) is 0. The number of Topliss-reactive ketones (excluding diaryl/α,β-unsaturated/α-hetero) is 1. The molecule has 5 heteroatoms. The molecule has 2 atom stereocenters. The number of esters is 1. The van der Waals surface area contributed by atoms with E-state index in [9.17, 15) is 14.4 Å². The summed E-state index contributed by atoms with van der Waals surface area (Å²) in [6.45, 7) is 1.83. The van der Waals surface area contributed by atoms with E-state index in [0.717, 1.165) is 18.4 Å². The van der Waals surface area contributed by atoms with E-state index in [-0.39, 0.29) is 23.9 Å². The van der Waals surface area contributed by atoms with Crippen LogP contribution in [0.5, 0.6) is 0 Å². The SMILES string of the molecule is CC12CC(OC(=O)CCl)C(=O)C=C1CCCC2=O. The van der Waals surface area contributed by atoms with Gasteiger partial charge >= 0.3 is 5.97 Å². The van der Waals surface area contributed by atoms with Gasteiger partial charge in [-0.2, -0.15) is 0 Å². The van der Waals surface area contributed by atoms with Crippen molar-refractivity contribution in [3.8, 4) is 0 Å². The lowest BCUT2D eigenvalue weighted by Gasteiger charge is -2.39. The second-order valence-corrected chi connectivity index (χ2v) is 5.26. The van der Waals surface area contributed by atoms with Crippen LogP contribution in [0.1, 0.15) is 32.6 Å². The zero-order valence-electron chi connectivity index (χ0n) is 10.2. The molecule has 2 rings (SSSR count). The fraction of sp³-hybridized carbons (Fsp3) is 0.615. The maximum Gasteiger partial charge on any atom is 0.321 e. The third-order valence-corrected chi connectivity index (χ3v) is 4.00. The van der Waals surface area contributed by atoms with Crippen molar-refractivity contribution < 1.29 is 19.1 Å². The molecule has 0 N–H and O–H groups in total. The van der Waals surface area contributed by atoms with Crippen molar-refractivity contribution in [2.24, 2.45) is 5.41 Å². The highest BCUT2D eigenvalue weighted by atomic mass is 35.5. The number of ketones is 2. The van der Waals surface area contributed by atoms with Gasteiger partial charge in [0, 0.05) is 12.8 Å². The van der Waals surface area contributed by atoms with Crippen LogP contribution >= 0.6 is 11.6 Å². The maximum atomic E-state index is 12.0. The highest BCUT2D eigenvalue weighted by Gasteiger charge is 2.46. The van der Waals surface area contributed by atoms with Gasteiger partial charge in [-0.3, -0.25) is 14.4 Å². The Morgan fingerprint density at radius 3 is 2.89 bits per heavy atom. The first-order valence-corrected chi connectivity index (χ1v) is 6.54. The van der Waals surface area contributed by atoms with Crippen LogP contribution in [0.25, 0.3) is 0 Å². The maximum absolute atomic E-state index is 12.0. The average Bonchev–Trinajstić information content (AvgIpc) is 2.33. The van der Waals surface area contributed by atoms with Crippen molar-refractivity contribution in [1.29, 1.82) is 0 Å². The van der Waals surface area contributed by atoms with Crippen LogP contribution in [0.15, 0.2) is 11.6 Å². The molecule has 0 saturated heterocycles. The Morgan fingerprint density at radius 1 is 1.50 bits per heavy atom. The number of rotatable bonds is 2. The summed E-state index contributed by atoms with van der Waals surface area (Å²) < 4.78 is 5.00. The summed E-state index contributed by atoms with van der Waals surface area (Å²) in [5.74, 6) is -1.03. The third-order valence-electron chi connectivity index (χ3n) is 3.78. The molecular formula is C13H15ClO4. The monoisotopic (exact) mass is 270 g/mol. The minimum atomic E-state index is -0.868. The first-order valence-electron chi connectivity index (χ1n) is 6.01. The van der Waals surface area contributed by atoms with Crippen LogP contribution in [0, 0.1) is 5.41 Å². The van der Waals surface area contributed by atoms with Crippen molar-refractivity contribution in [3.63, 3.8) is 0 Å². The van der Waals surface area contributed by atoms with Crippen molar-refractivity contribution in [2.45, 2.75) is 38.7 Å². The molecule has 98 valence electrons. The quantitative estimate of drug-likeness (QED) is 0.567. The third kappa shape index (κ3) is 2.21. The van der Waals surface area contributed by atoms with Gasteiger partial charge in [0.15, 0.2) is 11.9 Å². The minimum Gasteiger partial charge on any atom is -0.453 e. The smallest absolute Gasteiger partial charge is 0.321 e. The molecular weight excluding hydrogens is 256 g/mol. The standard InChI is InChI=1S/C13H15ClO4/c1-13-6-10(18-12(17)7-14)9(15)5-8(13)3-2-4-11(13)16/h5,10H,2-4,6-7H2,1H3. The van der Waals surface area contributed by atoms with E-state index in [2.05, 4.69) is 0 Å². The second kappa shape index (κ2) is 4.84. The van der Waals surface area contributed by atoms with E-state index in [4.69, 9.17) is 16.3 Å². The molecule has 0 bridgehead atoms. The number of hydrogen-bond donors (Lipinski definition) is 0. The molecule has 0 heterocycles. The van der Waals surface area contributed by atoms with E-state index in [0.29, 0.717) is 6.42 Å². The van der Waals surface area contributed by atoms with Gasteiger partial charge in [0.1, 0.15) is 11.7 Å². The topological polar surface area (TPSA) is 60.4 Å². The van der Waals surface area contributed by atoms with E-state index in [1.54, 1.807) is 0 Å². The van der Waals surface area contributed by atoms with Crippen LogP contribution in [-0.2, 0) is 19.1 Å². The van der Waals surface area contributed by atoms with Gasteiger partial charge in [-0.15, -0.1) is 11.6 Å². The molecule has 0 aliphatic heterocycles.